The van der Waals surface area contributed by atoms with Crippen LogP contribution in [0.1, 0.15) is 42.5 Å². The Morgan fingerprint density at radius 2 is 2.10 bits per heavy atom. The number of benzene rings is 1. The number of nitrogens with zero attached hydrogens (tertiary/aromatic N) is 4. The highest BCUT2D eigenvalue weighted by Crippen LogP contribution is 2.39. The van der Waals surface area contributed by atoms with Gasteiger partial charge in [0.05, 0.1) is 23.4 Å². The van der Waals surface area contributed by atoms with Crippen LogP contribution < -0.4 is 5.32 Å². The highest BCUT2D eigenvalue weighted by Gasteiger charge is 2.35. The van der Waals surface area contributed by atoms with Gasteiger partial charge in [0.1, 0.15) is 0 Å². The number of Topliss-reactive ketones (excluding diaryl/α,β-unsaturated/α-hetero) is 1. The molecule has 6 nitrogen and oxygen atoms in total. The third-order valence-corrected chi connectivity index (χ3v) is 5.47. The smallest absolute Gasteiger partial charge is 0.354 e. The van der Waals surface area contributed by atoms with E-state index in [4.69, 9.17) is 0 Å². The summed E-state index contributed by atoms with van der Waals surface area (Å²) in [6.07, 6.45) is -2.34. The van der Waals surface area contributed by atoms with Crippen molar-refractivity contribution in [1.82, 2.24) is 19.7 Å². The van der Waals surface area contributed by atoms with E-state index in [9.17, 15) is 18.0 Å². The molecule has 1 aliphatic rings. The Morgan fingerprint density at radius 1 is 1.30 bits per heavy atom. The van der Waals surface area contributed by atoms with E-state index in [0.29, 0.717) is 29.7 Å². The van der Waals surface area contributed by atoms with Gasteiger partial charge in [-0.05, 0) is 29.7 Å². The summed E-state index contributed by atoms with van der Waals surface area (Å²) in [6.45, 7) is 2.32. The van der Waals surface area contributed by atoms with Gasteiger partial charge in [-0.3, -0.25) is 9.48 Å². The van der Waals surface area contributed by atoms with Gasteiger partial charge >= 0.3 is 6.18 Å². The zero-order valence-corrected chi connectivity index (χ0v) is 17.7. The molecule has 30 heavy (non-hydrogen) atoms. The van der Waals surface area contributed by atoms with Crippen LogP contribution in [0.5, 0.6) is 0 Å². The van der Waals surface area contributed by atoms with Crippen molar-refractivity contribution in [2.75, 3.05) is 11.9 Å². The highest BCUT2D eigenvalue weighted by molar-refractivity contribution is 9.10. The predicted octanol–water partition coefficient (Wildman–Crippen LogP) is 4.62. The zero-order chi connectivity index (χ0) is 21.5. The SMILES string of the molecule is CCCn1cc2c(C3C(=O)Cc4ccc(Br)cc43)nc(NCCC(F)(F)F)nc2n1. The predicted molar refractivity (Wildman–Crippen MR) is 109 cm³/mol. The van der Waals surface area contributed by atoms with Gasteiger partial charge in [-0.15, -0.1) is 0 Å². The van der Waals surface area contributed by atoms with Gasteiger partial charge in [0.25, 0.3) is 0 Å². The van der Waals surface area contributed by atoms with Crippen LogP contribution >= 0.6 is 15.9 Å². The number of hydrogen-bond acceptors (Lipinski definition) is 5. The first-order valence-corrected chi connectivity index (χ1v) is 10.4. The van der Waals surface area contributed by atoms with E-state index in [1.165, 1.54) is 0 Å². The van der Waals surface area contributed by atoms with E-state index in [-0.39, 0.29) is 18.3 Å². The van der Waals surface area contributed by atoms with Crippen LogP contribution in [0.25, 0.3) is 11.0 Å². The molecule has 1 aliphatic carbocycles. The topological polar surface area (TPSA) is 72.7 Å². The maximum absolute atomic E-state index is 12.9. The molecule has 4 rings (SSSR count). The first-order chi connectivity index (χ1) is 14.2. The number of ketones is 1. The van der Waals surface area contributed by atoms with Crippen LogP contribution in [-0.2, 0) is 17.8 Å². The van der Waals surface area contributed by atoms with E-state index in [0.717, 1.165) is 22.0 Å². The van der Waals surface area contributed by atoms with Crippen LogP contribution in [-0.4, -0.2) is 38.3 Å². The third kappa shape index (κ3) is 4.19. The Bertz CT molecular complexity index is 1110. The highest BCUT2D eigenvalue weighted by atomic mass is 79.9. The minimum atomic E-state index is -4.28. The van der Waals surface area contributed by atoms with Crippen LogP contribution in [0, 0.1) is 0 Å². The molecule has 2 aromatic heterocycles. The van der Waals surface area contributed by atoms with Crippen molar-refractivity contribution in [2.45, 2.75) is 44.8 Å². The molecule has 0 bridgehead atoms. The van der Waals surface area contributed by atoms with Crippen molar-refractivity contribution in [3.8, 4) is 0 Å². The number of nitrogens with one attached hydrogen (secondary N) is 1. The zero-order valence-electron chi connectivity index (χ0n) is 16.1. The number of aromatic nitrogens is 4. The number of hydrogen-bond donors (Lipinski definition) is 1. The molecular formula is C20H19BrF3N5O. The van der Waals surface area contributed by atoms with Gasteiger partial charge in [-0.2, -0.15) is 23.3 Å². The van der Waals surface area contributed by atoms with Crippen molar-refractivity contribution in [3.05, 3.63) is 45.7 Å². The number of fused-ring (bicyclic) bond motifs is 2. The molecule has 1 N–H and O–H groups in total. The second-order valence-corrected chi connectivity index (χ2v) is 8.19. The summed E-state index contributed by atoms with van der Waals surface area (Å²) in [7, 11) is 0. The Hall–Kier alpha value is -2.49. The Kier molecular flexibility index (Phi) is 5.52. The molecule has 0 aliphatic heterocycles. The molecule has 2 heterocycles. The van der Waals surface area contributed by atoms with Crippen LogP contribution in [0.2, 0.25) is 0 Å². The van der Waals surface area contributed by atoms with Crippen molar-refractivity contribution in [2.24, 2.45) is 0 Å². The van der Waals surface area contributed by atoms with Gasteiger partial charge in [0.2, 0.25) is 5.95 Å². The number of anilines is 1. The number of aryl methyl sites for hydroxylation is 1. The number of halogens is 4. The normalized spacial score (nSPS) is 16.3. The van der Waals surface area contributed by atoms with Gasteiger partial charge in [-0.1, -0.05) is 28.9 Å². The molecule has 3 aromatic rings. The van der Waals surface area contributed by atoms with Crippen molar-refractivity contribution < 1.29 is 18.0 Å². The molecule has 1 atom stereocenters. The molecule has 0 fully saturated rings. The minimum absolute atomic E-state index is 0.00687. The second-order valence-electron chi connectivity index (χ2n) is 7.27. The monoisotopic (exact) mass is 481 g/mol. The average Bonchev–Trinajstić information content (AvgIpc) is 3.20. The Balaban J connectivity index is 1.79. The standard InChI is InChI=1S/C20H19BrF3N5O/c1-2-7-29-10-14-17(16-13-9-12(21)4-3-11(13)8-15(16)30)26-19(27-18(14)28-29)25-6-5-20(22,23)24/h3-4,9-10,16H,2,5-8H2,1H3,(H,25,27,28). The van der Waals surface area contributed by atoms with Gasteiger partial charge < -0.3 is 5.32 Å². The summed E-state index contributed by atoms with van der Waals surface area (Å²) in [5.74, 6) is -0.572. The third-order valence-electron chi connectivity index (χ3n) is 4.98. The summed E-state index contributed by atoms with van der Waals surface area (Å²) in [5, 5.41) is 7.71. The molecule has 1 aromatic carbocycles. The molecule has 0 amide bonds. The summed E-state index contributed by atoms with van der Waals surface area (Å²) in [6, 6.07) is 5.68. The van der Waals surface area contributed by atoms with Gasteiger partial charge in [0, 0.05) is 30.2 Å². The largest absolute Gasteiger partial charge is 0.390 e. The van der Waals surface area contributed by atoms with E-state index in [1.54, 1.807) is 10.9 Å². The molecule has 0 radical (unpaired) electrons. The number of carbonyl (C=O) groups is 1. The molecule has 0 saturated carbocycles. The van der Waals surface area contributed by atoms with Crippen molar-refractivity contribution >= 4 is 38.7 Å². The molecule has 0 saturated heterocycles. The molecule has 10 heteroatoms. The first-order valence-electron chi connectivity index (χ1n) is 9.62. The van der Waals surface area contributed by atoms with Crippen LogP contribution in [0.15, 0.2) is 28.9 Å². The van der Waals surface area contributed by atoms with Crippen molar-refractivity contribution in [1.29, 1.82) is 0 Å². The Labute approximate surface area is 179 Å². The molecule has 158 valence electrons. The van der Waals surface area contributed by atoms with E-state index in [2.05, 4.69) is 36.3 Å². The lowest BCUT2D eigenvalue weighted by Gasteiger charge is -2.14. The van der Waals surface area contributed by atoms with E-state index in [1.807, 2.05) is 25.1 Å². The lowest BCUT2D eigenvalue weighted by molar-refractivity contribution is -0.131. The molecule has 0 spiro atoms. The summed E-state index contributed by atoms with van der Waals surface area (Å²) >= 11 is 3.45. The van der Waals surface area contributed by atoms with Crippen molar-refractivity contribution in [3.63, 3.8) is 0 Å². The van der Waals surface area contributed by atoms with E-state index < -0.39 is 18.5 Å². The lowest BCUT2D eigenvalue weighted by atomic mass is 9.95. The number of rotatable bonds is 6. The van der Waals surface area contributed by atoms with Gasteiger partial charge in [-0.25, -0.2) is 4.98 Å². The van der Waals surface area contributed by atoms with E-state index >= 15 is 0 Å². The Morgan fingerprint density at radius 3 is 2.83 bits per heavy atom. The summed E-state index contributed by atoms with van der Waals surface area (Å²) in [4.78, 5) is 21.7. The molecular weight excluding hydrogens is 463 g/mol. The molecule has 1 unspecified atom stereocenters. The lowest BCUT2D eigenvalue weighted by Crippen LogP contribution is -2.17. The van der Waals surface area contributed by atoms with Crippen LogP contribution in [0.4, 0.5) is 19.1 Å². The quantitative estimate of drug-likeness (QED) is 0.555. The fraction of sp³-hybridized carbons (Fsp3) is 0.400. The summed E-state index contributed by atoms with van der Waals surface area (Å²) in [5.41, 5.74) is 2.60. The number of alkyl halides is 3. The fourth-order valence-electron chi connectivity index (χ4n) is 3.69. The van der Waals surface area contributed by atoms with Crippen LogP contribution in [0.3, 0.4) is 0 Å². The minimum Gasteiger partial charge on any atom is -0.354 e. The van der Waals surface area contributed by atoms with Gasteiger partial charge in [0.15, 0.2) is 11.4 Å². The average molecular weight is 482 g/mol. The maximum Gasteiger partial charge on any atom is 0.390 e. The second kappa shape index (κ2) is 7.98. The fourth-order valence-corrected chi connectivity index (χ4v) is 4.07. The first kappa shape index (κ1) is 20.8. The number of carbonyl (C=O) groups excluding carboxylic acids is 1. The summed E-state index contributed by atoms with van der Waals surface area (Å²) < 4.78 is 40.2. The maximum atomic E-state index is 12.9.